The molecule has 0 saturated heterocycles. The number of nitrogens with two attached hydrogens (primary N) is 2. The van der Waals surface area contributed by atoms with Crippen LogP contribution >= 0.6 is 0 Å². The summed E-state index contributed by atoms with van der Waals surface area (Å²) in [7, 11) is 0. The maximum Gasteiger partial charge on any atom is 0.326 e. The number of carbonyl (C=O) groups is 5. The normalized spacial score (nSPS) is 14.1. The van der Waals surface area contributed by atoms with E-state index >= 15 is 0 Å². The van der Waals surface area contributed by atoms with Gasteiger partial charge in [0.1, 0.15) is 18.1 Å². The van der Waals surface area contributed by atoms with Crippen LogP contribution in [0.2, 0.25) is 0 Å². The third-order valence-corrected chi connectivity index (χ3v) is 5.88. The van der Waals surface area contributed by atoms with Gasteiger partial charge in [0.2, 0.25) is 23.6 Å². The van der Waals surface area contributed by atoms with E-state index in [4.69, 9.17) is 11.5 Å². The van der Waals surface area contributed by atoms with Crippen LogP contribution in [0.4, 0.5) is 0 Å². The third-order valence-electron chi connectivity index (χ3n) is 5.88. The number of amides is 4. The molecule has 0 radical (unpaired) electrons. The summed E-state index contributed by atoms with van der Waals surface area (Å²) >= 11 is 0. The number of carboxylic acid groups (broad SMARTS) is 1. The maximum absolute atomic E-state index is 13.3. The van der Waals surface area contributed by atoms with Gasteiger partial charge in [-0.1, -0.05) is 44.2 Å². The van der Waals surface area contributed by atoms with Gasteiger partial charge in [-0.05, 0) is 24.3 Å². The highest BCUT2D eigenvalue weighted by atomic mass is 16.4. The van der Waals surface area contributed by atoms with Gasteiger partial charge in [-0.15, -0.1) is 0 Å². The van der Waals surface area contributed by atoms with Crippen LogP contribution in [0.15, 0.2) is 42.9 Å². The van der Waals surface area contributed by atoms with Crippen molar-refractivity contribution in [3.63, 3.8) is 0 Å². The Hall–Kier alpha value is -4.26. The number of primary amides is 1. The quantitative estimate of drug-likeness (QED) is 0.144. The largest absolute Gasteiger partial charge is 0.480 e. The Balaban J connectivity index is 2.24. The number of nitrogens with one attached hydrogen (secondary N) is 4. The molecular weight excluding hydrogens is 506 g/mol. The van der Waals surface area contributed by atoms with E-state index in [1.54, 1.807) is 30.3 Å². The van der Waals surface area contributed by atoms with Crippen LogP contribution in [-0.4, -0.2) is 68.8 Å². The number of aromatic amines is 1. The molecule has 0 saturated carbocycles. The lowest BCUT2D eigenvalue weighted by Crippen LogP contribution is -2.58. The lowest BCUT2D eigenvalue weighted by Gasteiger charge is -2.25. The first-order valence-corrected chi connectivity index (χ1v) is 12.6. The molecule has 0 aliphatic rings. The first-order valence-electron chi connectivity index (χ1n) is 12.6. The molecule has 2 rings (SSSR count). The smallest absolute Gasteiger partial charge is 0.326 e. The second kappa shape index (κ2) is 15.2. The van der Waals surface area contributed by atoms with Crippen LogP contribution in [0.3, 0.4) is 0 Å². The van der Waals surface area contributed by atoms with Gasteiger partial charge in [-0.2, -0.15) is 0 Å². The Labute approximate surface area is 226 Å². The van der Waals surface area contributed by atoms with Crippen molar-refractivity contribution in [3.05, 3.63) is 54.1 Å². The molecule has 212 valence electrons. The molecule has 39 heavy (non-hydrogen) atoms. The first kappa shape index (κ1) is 31.0. The minimum atomic E-state index is -1.30. The van der Waals surface area contributed by atoms with Crippen molar-refractivity contribution < 1.29 is 29.1 Å². The lowest BCUT2D eigenvalue weighted by atomic mass is 10.0. The maximum atomic E-state index is 13.3. The zero-order chi connectivity index (χ0) is 28.9. The molecular formula is C26H37N7O6. The average molecular weight is 544 g/mol. The van der Waals surface area contributed by atoms with Crippen molar-refractivity contribution in [1.29, 1.82) is 0 Å². The highest BCUT2D eigenvalue weighted by molar-refractivity contribution is 5.94. The minimum absolute atomic E-state index is 0.0398. The van der Waals surface area contributed by atoms with Crippen LogP contribution in [-0.2, 0) is 36.8 Å². The molecule has 9 N–H and O–H groups in total. The fraction of sp³-hybridized carbons (Fsp3) is 0.462. The minimum Gasteiger partial charge on any atom is -0.480 e. The topological polar surface area (TPSA) is 222 Å². The Morgan fingerprint density at radius 3 is 2.10 bits per heavy atom. The van der Waals surface area contributed by atoms with E-state index in [0.717, 1.165) is 0 Å². The van der Waals surface area contributed by atoms with E-state index in [2.05, 4.69) is 25.9 Å². The zero-order valence-corrected chi connectivity index (χ0v) is 22.1. The fourth-order valence-corrected chi connectivity index (χ4v) is 3.87. The summed E-state index contributed by atoms with van der Waals surface area (Å²) in [5.41, 5.74) is 12.4. The summed E-state index contributed by atoms with van der Waals surface area (Å²) in [6.45, 7) is 3.79. The lowest BCUT2D eigenvalue weighted by molar-refractivity contribution is -0.142. The van der Waals surface area contributed by atoms with Gasteiger partial charge in [0.05, 0.1) is 12.4 Å². The Kier molecular flexibility index (Phi) is 12.1. The first-order chi connectivity index (χ1) is 18.5. The molecule has 0 fully saturated rings. The average Bonchev–Trinajstić information content (AvgIpc) is 3.38. The molecule has 4 amide bonds. The van der Waals surface area contributed by atoms with Gasteiger partial charge in [-0.3, -0.25) is 19.2 Å². The number of H-pyrrole nitrogens is 1. The number of imidazole rings is 1. The summed E-state index contributed by atoms with van der Waals surface area (Å²) in [5, 5.41) is 17.3. The molecule has 4 atom stereocenters. The molecule has 0 aliphatic carbocycles. The number of nitrogens with zero attached hydrogens (tertiary/aromatic N) is 1. The standard InChI is InChI=1S/C26H37N7O6/c1-15(2)10-18(27)23(35)31-19(8-9-22(28)34)24(36)32-20(11-16-6-4-3-5-7-16)25(37)33-21(26(38)39)12-17-13-29-14-30-17/h3-7,13-15,18-21H,8-12,27H2,1-2H3,(H2,28,34)(H,29,30)(H,31,35)(H,32,36)(H,33,37)(H,38,39). The summed E-state index contributed by atoms with van der Waals surface area (Å²) in [6, 6.07) is 4.25. The van der Waals surface area contributed by atoms with Gasteiger partial charge >= 0.3 is 5.97 Å². The number of carboxylic acids is 1. The van der Waals surface area contributed by atoms with E-state index in [9.17, 15) is 29.1 Å². The third kappa shape index (κ3) is 10.9. The van der Waals surface area contributed by atoms with Crippen LogP contribution in [0.5, 0.6) is 0 Å². The Bertz CT molecular complexity index is 1110. The second-order valence-electron chi connectivity index (χ2n) is 9.73. The van der Waals surface area contributed by atoms with Gasteiger partial charge in [0, 0.05) is 31.2 Å². The molecule has 13 nitrogen and oxygen atoms in total. The van der Waals surface area contributed by atoms with Gasteiger partial charge in [0.15, 0.2) is 0 Å². The predicted octanol–water partition coefficient (Wildman–Crippen LogP) is -0.627. The highest BCUT2D eigenvalue weighted by Crippen LogP contribution is 2.08. The summed E-state index contributed by atoms with van der Waals surface area (Å²) in [5.74, 6) is -3.87. The molecule has 1 aromatic heterocycles. The van der Waals surface area contributed by atoms with Gasteiger partial charge < -0.3 is 37.5 Å². The molecule has 0 bridgehead atoms. The van der Waals surface area contributed by atoms with Crippen LogP contribution in [0.1, 0.15) is 44.4 Å². The predicted molar refractivity (Wildman–Crippen MR) is 142 cm³/mol. The number of hydrogen-bond donors (Lipinski definition) is 7. The van der Waals surface area contributed by atoms with Crippen molar-refractivity contribution in [2.75, 3.05) is 0 Å². The van der Waals surface area contributed by atoms with E-state index in [-0.39, 0.29) is 31.6 Å². The van der Waals surface area contributed by atoms with Crippen LogP contribution < -0.4 is 27.4 Å². The SMILES string of the molecule is CC(C)CC(N)C(=O)NC(CCC(N)=O)C(=O)NC(Cc1ccccc1)C(=O)NC(Cc1cnc[nH]1)C(=O)O. The van der Waals surface area contributed by atoms with Crippen LogP contribution in [0.25, 0.3) is 0 Å². The van der Waals surface area contributed by atoms with E-state index in [0.29, 0.717) is 17.7 Å². The van der Waals surface area contributed by atoms with Crippen molar-refractivity contribution in [3.8, 4) is 0 Å². The number of benzene rings is 1. The highest BCUT2D eigenvalue weighted by Gasteiger charge is 2.31. The van der Waals surface area contributed by atoms with E-state index in [1.165, 1.54) is 12.5 Å². The van der Waals surface area contributed by atoms with Crippen molar-refractivity contribution in [2.24, 2.45) is 17.4 Å². The Morgan fingerprint density at radius 2 is 1.54 bits per heavy atom. The molecule has 1 aromatic carbocycles. The molecule has 13 heteroatoms. The van der Waals surface area contributed by atoms with Gasteiger partial charge in [0.25, 0.3) is 0 Å². The summed E-state index contributed by atoms with van der Waals surface area (Å²) in [6.07, 6.45) is 2.89. The zero-order valence-electron chi connectivity index (χ0n) is 22.1. The number of rotatable bonds is 16. The second-order valence-corrected chi connectivity index (χ2v) is 9.73. The number of carbonyl (C=O) groups excluding carboxylic acids is 4. The number of hydrogen-bond acceptors (Lipinski definition) is 7. The summed E-state index contributed by atoms with van der Waals surface area (Å²) in [4.78, 5) is 69.1. The van der Waals surface area contributed by atoms with E-state index < -0.39 is 53.8 Å². The monoisotopic (exact) mass is 543 g/mol. The number of aliphatic carboxylic acids is 1. The van der Waals surface area contributed by atoms with Crippen molar-refractivity contribution in [2.45, 2.75) is 70.1 Å². The van der Waals surface area contributed by atoms with Crippen LogP contribution in [0, 0.1) is 5.92 Å². The van der Waals surface area contributed by atoms with Crippen molar-refractivity contribution >= 4 is 29.6 Å². The molecule has 1 heterocycles. The summed E-state index contributed by atoms with van der Waals surface area (Å²) < 4.78 is 0. The Morgan fingerprint density at radius 1 is 0.923 bits per heavy atom. The molecule has 0 aliphatic heterocycles. The van der Waals surface area contributed by atoms with E-state index in [1.807, 2.05) is 13.8 Å². The number of aromatic nitrogens is 2. The molecule has 4 unspecified atom stereocenters. The fourth-order valence-electron chi connectivity index (χ4n) is 3.87. The molecule has 0 spiro atoms. The molecule has 2 aromatic rings. The van der Waals surface area contributed by atoms with Gasteiger partial charge in [-0.25, -0.2) is 9.78 Å². The van der Waals surface area contributed by atoms with Crippen molar-refractivity contribution in [1.82, 2.24) is 25.9 Å².